The molecule has 0 spiro atoms. The topological polar surface area (TPSA) is 69.0 Å². The van der Waals surface area contributed by atoms with Crippen molar-refractivity contribution in [3.8, 4) is 17.3 Å². The van der Waals surface area contributed by atoms with E-state index in [0.29, 0.717) is 25.3 Å². The van der Waals surface area contributed by atoms with Crippen LogP contribution in [0.4, 0.5) is 0 Å². The average Bonchev–Trinajstić information content (AvgIpc) is 3.13. The molecule has 0 saturated carbocycles. The smallest absolute Gasteiger partial charge is 0.226 e. The minimum Gasteiger partial charge on any atom is -0.439 e. The normalized spacial score (nSPS) is 10.8. The first-order valence-corrected chi connectivity index (χ1v) is 11.1. The summed E-state index contributed by atoms with van der Waals surface area (Å²) in [5, 5.41) is 7.70. The van der Waals surface area contributed by atoms with Crippen molar-refractivity contribution in [3.63, 3.8) is 0 Å². The lowest BCUT2D eigenvalue weighted by Crippen LogP contribution is -2.23. The highest BCUT2D eigenvalue weighted by Gasteiger charge is 2.20. The molecule has 6 nitrogen and oxygen atoms in total. The van der Waals surface area contributed by atoms with Gasteiger partial charge in [0.15, 0.2) is 0 Å². The SMILES string of the molecule is Cc1ccc(Oc2c(CCC(=O)NCc3ccccn3)c(C)nn2-c2cccc(C)c2)cc1. The molecule has 0 bridgehead atoms. The molecule has 168 valence electrons. The Kier molecular flexibility index (Phi) is 6.83. The van der Waals surface area contributed by atoms with E-state index in [4.69, 9.17) is 9.84 Å². The Morgan fingerprint density at radius 2 is 1.79 bits per heavy atom. The molecule has 0 aliphatic rings. The molecule has 33 heavy (non-hydrogen) atoms. The summed E-state index contributed by atoms with van der Waals surface area (Å²) in [6.07, 6.45) is 2.57. The molecule has 0 aliphatic heterocycles. The van der Waals surface area contributed by atoms with Crippen LogP contribution in [0.5, 0.6) is 11.6 Å². The summed E-state index contributed by atoms with van der Waals surface area (Å²) in [7, 11) is 0. The summed E-state index contributed by atoms with van der Waals surface area (Å²) in [6.45, 7) is 6.45. The molecular weight excluding hydrogens is 412 g/mol. The Hall–Kier alpha value is -3.93. The number of carbonyl (C=O) groups excluding carboxylic acids is 1. The second-order valence-electron chi connectivity index (χ2n) is 8.13. The van der Waals surface area contributed by atoms with E-state index in [2.05, 4.69) is 16.4 Å². The molecule has 2 aromatic heterocycles. The Morgan fingerprint density at radius 1 is 0.970 bits per heavy atom. The molecule has 0 aliphatic carbocycles. The fourth-order valence-corrected chi connectivity index (χ4v) is 3.60. The maximum absolute atomic E-state index is 12.5. The van der Waals surface area contributed by atoms with Crippen molar-refractivity contribution in [2.24, 2.45) is 0 Å². The minimum absolute atomic E-state index is 0.0374. The van der Waals surface area contributed by atoms with E-state index in [1.807, 2.05) is 86.1 Å². The van der Waals surface area contributed by atoms with Gasteiger partial charge in [0.1, 0.15) is 5.75 Å². The highest BCUT2D eigenvalue weighted by atomic mass is 16.5. The third-order valence-electron chi connectivity index (χ3n) is 5.41. The first-order chi connectivity index (χ1) is 16.0. The van der Waals surface area contributed by atoms with Gasteiger partial charge in [0.05, 0.1) is 23.6 Å². The lowest BCUT2D eigenvalue weighted by atomic mass is 10.1. The number of benzene rings is 2. The van der Waals surface area contributed by atoms with Crippen LogP contribution in [0, 0.1) is 20.8 Å². The number of hydrogen-bond donors (Lipinski definition) is 1. The predicted octanol–water partition coefficient (Wildman–Crippen LogP) is 5.23. The van der Waals surface area contributed by atoms with Gasteiger partial charge in [-0.25, -0.2) is 4.68 Å². The zero-order valence-electron chi connectivity index (χ0n) is 19.2. The van der Waals surface area contributed by atoms with Crippen LogP contribution in [0.15, 0.2) is 72.9 Å². The zero-order chi connectivity index (χ0) is 23.2. The first-order valence-electron chi connectivity index (χ1n) is 11.1. The van der Waals surface area contributed by atoms with Gasteiger partial charge in [0.25, 0.3) is 0 Å². The third kappa shape index (κ3) is 5.66. The van der Waals surface area contributed by atoms with Crippen molar-refractivity contribution in [2.45, 2.75) is 40.2 Å². The molecule has 6 heteroatoms. The van der Waals surface area contributed by atoms with Crippen molar-refractivity contribution in [1.29, 1.82) is 0 Å². The number of ether oxygens (including phenoxy) is 1. The van der Waals surface area contributed by atoms with Crippen molar-refractivity contribution in [3.05, 3.63) is 101 Å². The van der Waals surface area contributed by atoms with Crippen LogP contribution in [0.1, 0.15) is 34.5 Å². The second-order valence-corrected chi connectivity index (χ2v) is 8.13. The lowest BCUT2D eigenvalue weighted by Gasteiger charge is -2.12. The summed E-state index contributed by atoms with van der Waals surface area (Å²) in [5.74, 6) is 1.33. The Morgan fingerprint density at radius 3 is 2.52 bits per heavy atom. The molecule has 4 rings (SSSR count). The highest BCUT2D eigenvalue weighted by Crippen LogP contribution is 2.32. The fraction of sp³-hybridized carbons (Fsp3) is 0.222. The van der Waals surface area contributed by atoms with E-state index in [9.17, 15) is 4.79 Å². The molecule has 0 fully saturated rings. The molecule has 0 radical (unpaired) electrons. The third-order valence-corrected chi connectivity index (χ3v) is 5.41. The van der Waals surface area contributed by atoms with E-state index in [1.165, 1.54) is 0 Å². The molecule has 0 atom stereocenters. The van der Waals surface area contributed by atoms with Gasteiger partial charge in [-0.05, 0) is 69.2 Å². The number of carbonyl (C=O) groups is 1. The molecule has 0 unspecified atom stereocenters. The van der Waals surface area contributed by atoms with Crippen LogP contribution in [-0.4, -0.2) is 20.7 Å². The van der Waals surface area contributed by atoms with Crippen molar-refractivity contribution in [2.75, 3.05) is 0 Å². The summed E-state index contributed by atoms with van der Waals surface area (Å²) in [4.78, 5) is 16.8. The van der Waals surface area contributed by atoms with Crippen LogP contribution < -0.4 is 10.1 Å². The molecule has 2 aromatic carbocycles. The summed E-state index contributed by atoms with van der Waals surface area (Å²) in [6, 6.07) is 21.7. The maximum Gasteiger partial charge on any atom is 0.226 e. The number of nitrogens with one attached hydrogen (secondary N) is 1. The minimum atomic E-state index is -0.0374. The van der Waals surface area contributed by atoms with E-state index in [0.717, 1.165) is 39.5 Å². The van der Waals surface area contributed by atoms with Gasteiger partial charge in [-0.3, -0.25) is 9.78 Å². The van der Waals surface area contributed by atoms with Gasteiger partial charge < -0.3 is 10.1 Å². The summed E-state index contributed by atoms with van der Waals surface area (Å²) in [5.41, 5.74) is 5.82. The lowest BCUT2D eigenvalue weighted by molar-refractivity contribution is -0.121. The molecule has 4 aromatic rings. The quantitative estimate of drug-likeness (QED) is 0.407. The Labute approximate surface area is 194 Å². The second kappa shape index (κ2) is 10.1. The molecule has 1 N–H and O–H groups in total. The molecule has 0 saturated heterocycles. The molecule has 1 amide bonds. The summed E-state index contributed by atoms with van der Waals surface area (Å²) < 4.78 is 8.15. The van der Waals surface area contributed by atoms with Crippen molar-refractivity contribution < 1.29 is 9.53 Å². The number of aryl methyl sites for hydroxylation is 3. The first kappa shape index (κ1) is 22.3. The number of rotatable bonds is 8. The van der Waals surface area contributed by atoms with Crippen LogP contribution >= 0.6 is 0 Å². The Bertz CT molecular complexity index is 1230. The van der Waals surface area contributed by atoms with E-state index in [-0.39, 0.29) is 5.91 Å². The largest absolute Gasteiger partial charge is 0.439 e. The monoisotopic (exact) mass is 440 g/mol. The Balaban J connectivity index is 1.57. The maximum atomic E-state index is 12.5. The average molecular weight is 441 g/mol. The van der Waals surface area contributed by atoms with E-state index >= 15 is 0 Å². The highest BCUT2D eigenvalue weighted by molar-refractivity contribution is 5.76. The van der Waals surface area contributed by atoms with E-state index in [1.54, 1.807) is 6.20 Å². The van der Waals surface area contributed by atoms with Crippen LogP contribution in [0.3, 0.4) is 0 Å². The van der Waals surface area contributed by atoms with E-state index < -0.39 is 0 Å². The number of pyridine rings is 1. The van der Waals surface area contributed by atoms with Crippen LogP contribution in [0.25, 0.3) is 5.69 Å². The van der Waals surface area contributed by atoms with Gasteiger partial charge in [-0.1, -0.05) is 35.9 Å². The van der Waals surface area contributed by atoms with Gasteiger partial charge >= 0.3 is 0 Å². The zero-order valence-corrected chi connectivity index (χ0v) is 19.2. The van der Waals surface area contributed by atoms with Gasteiger partial charge in [0, 0.05) is 18.2 Å². The van der Waals surface area contributed by atoms with Crippen LogP contribution in [-0.2, 0) is 17.8 Å². The standard InChI is InChI=1S/C27H28N4O2/c1-19-10-12-24(13-11-19)33-27-25(14-15-26(32)29-18-22-8-4-5-16-28-22)21(3)30-31(27)23-9-6-7-20(2)17-23/h4-13,16-17H,14-15,18H2,1-3H3,(H,29,32). The summed E-state index contributed by atoms with van der Waals surface area (Å²) >= 11 is 0. The van der Waals surface area contributed by atoms with Crippen molar-refractivity contribution in [1.82, 2.24) is 20.1 Å². The number of nitrogens with zero attached hydrogens (tertiary/aromatic N) is 3. The van der Waals surface area contributed by atoms with Crippen LogP contribution in [0.2, 0.25) is 0 Å². The predicted molar refractivity (Wildman–Crippen MR) is 129 cm³/mol. The molecular formula is C27H28N4O2. The number of hydrogen-bond acceptors (Lipinski definition) is 4. The van der Waals surface area contributed by atoms with Gasteiger partial charge in [0.2, 0.25) is 11.8 Å². The molecule has 2 heterocycles. The van der Waals surface area contributed by atoms with Gasteiger partial charge in [-0.2, -0.15) is 5.10 Å². The number of aromatic nitrogens is 3. The van der Waals surface area contributed by atoms with Crippen molar-refractivity contribution >= 4 is 5.91 Å². The van der Waals surface area contributed by atoms with Gasteiger partial charge in [-0.15, -0.1) is 0 Å². The fourth-order valence-electron chi connectivity index (χ4n) is 3.60. The number of amides is 1.